The summed E-state index contributed by atoms with van der Waals surface area (Å²) in [5.74, 6) is 0.702. The van der Waals surface area contributed by atoms with Gasteiger partial charge in [0.05, 0.1) is 18.6 Å². The van der Waals surface area contributed by atoms with Crippen LogP contribution in [0.2, 0.25) is 0 Å². The number of benzene rings is 2. The van der Waals surface area contributed by atoms with Gasteiger partial charge in [-0.1, -0.05) is 54.6 Å². The molecule has 5 rings (SSSR count). The van der Waals surface area contributed by atoms with E-state index in [1.54, 1.807) is 0 Å². The van der Waals surface area contributed by atoms with Gasteiger partial charge >= 0.3 is 0 Å². The van der Waals surface area contributed by atoms with Crippen molar-refractivity contribution in [1.82, 2.24) is 15.5 Å². The summed E-state index contributed by atoms with van der Waals surface area (Å²) >= 11 is 0. The largest absolute Gasteiger partial charge is 0.379 e. The van der Waals surface area contributed by atoms with Crippen molar-refractivity contribution >= 4 is 30.7 Å². The van der Waals surface area contributed by atoms with E-state index in [4.69, 9.17) is 4.74 Å². The number of hydrogen-bond donors (Lipinski definition) is 2. The van der Waals surface area contributed by atoms with Crippen LogP contribution < -0.4 is 10.6 Å². The van der Waals surface area contributed by atoms with Gasteiger partial charge in [0, 0.05) is 32.2 Å². The Morgan fingerprint density at radius 1 is 1.00 bits per heavy atom. The first-order chi connectivity index (χ1) is 15.7. The lowest BCUT2D eigenvalue weighted by molar-refractivity contribution is -0.140. The Bertz CT molecular complexity index is 906. The van der Waals surface area contributed by atoms with Crippen LogP contribution in [-0.2, 0) is 16.1 Å². The van der Waals surface area contributed by atoms with E-state index in [0.29, 0.717) is 18.5 Å². The molecular weight excluding hydrogens is 469 g/mol. The minimum Gasteiger partial charge on any atom is -0.379 e. The molecule has 1 amide bonds. The number of nitrogens with zero attached hydrogens (tertiary/aromatic N) is 1. The van der Waals surface area contributed by atoms with Crippen molar-refractivity contribution in [3.63, 3.8) is 0 Å². The molecule has 1 aliphatic carbocycles. The van der Waals surface area contributed by atoms with Crippen LogP contribution in [0.25, 0.3) is 11.1 Å². The van der Waals surface area contributed by atoms with Gasteiger partial charge in [0.25, 0.3) is 0 Å². The van der Waals surface area contributed by atoms with Crippen LogP contribution in [0.15, 0.2) is 54.6 Å². The van der Waals surface area contributed by atoms with E-state index >= 15 is 0 Å². The van der Waals surface area contributed by atoms with E-state index in [9.17, 15) is 4.79 Å². The average molecular weight is 507 g/mol. The van der Waals surface area contributed by atoms with E-state index in [2.05, 4.69) is 64.1 Å². The number of carbonyl (C=O) groups excluding carboxylic acids is 1. The van der Waals surface area contributed by atoms with Crippen molar-refractivity contribution in [3.05, 3.63) is 60.2 Å². The molecular formula is C27H37Cl2N3O2. The van der Waals surface area contributed by atoms with Gasteiger partial charge in [-0.3, -0.25) is 9.69 Å². The summed E-state index contributed by atoms with van der Waals surface area (Å²) in [5, 5.41) is 6.83. The number of amides is 1. The third kappa shape index (κ3) is 5.77. The first-order valence-electron chi connectivity index (χ1n) is 12.2. The van der Waals surface area contributed by atoms with Crippen molar-refractivity contribution in [2.75, 3.05) is 39.4 Å². The van der Waals surface area contributed by atoms with Gasteiger partial charge < -0.3 is 15.4 Å². The van der Waals surface area contributed by atoms with E-state index in [1.165, 1.54) is 11.1 Å². The Balaban J connectivity index is 0.00000162. The molecule has 0 radical (unpaired) electrons. The molecule has 2 N–H and O–H groups in total. The van der Waals surface area contributed by atoms with Gasteiger partial charge in [0.15, 0.2) is 0 Å². The Morgan fingerprint density at radius 2 is 1.71 bits per heavy atom. The molecule has 2 aliphatic heterocycles. The maximum Gasteiger partial charge on any atom is 0.228 e. The maximum absolute atomic E-state index is 13.5. The molecule has 2 aromatic rings. The highest BCUT2D eigenvalue weighted by Crippen LogP contribution is 2.46. The van der Waals surface area contributed by atoms with Gasteiger partial charge in [0.2, 0.25) is 5.91 Å². The van der Waals surface area contributed by atoms with Gasteiger partial charge in [-0.15, -0.1) is 24.8 Å². The minimum absolute atomic E-state index is 0. The predicted octanol–water partition coefficient (Wildman–Crippen LogP) is 4.29. The number of nitrogens with one attached hydrogen (secondary N) is 2. The molecule has 2 aromatic carbocycles. The second kappa shape index (κ2) is 12.4. The second-order valence-corrected chi connectivity index (χ2v) is 9.64. The number of hydrogen-bond acceptors (Lipinski definition) is 4. The Hall–Kier alpha value is -1.63. The van der Waals surface area contributed by atoms with E-state index in [1.807, 2.05) is 6.07 Å². The van der Waals surface area contributed by atoms with Gasteiger partial charge in [-0.2, -0.15) is 0 Å². The normalized spacial score (nSPS) is 26.9. The Labute approximate surface area is 215 Å². The monoisotopic (exact) mass is 505 g/mol. The zero-order valence-corrected chi connectivity index (χ0v) is 21.3. The topological polar surface area (TPSA) is 53.6 Å². The van der Waals surface area contributed by atoms with E-state index in [0.717, 1.165) is 70.6 Å². The van der Waals surface area contributed by atoms with Gasteiger partial charge in [-0.05, 0) is 54.8 Å². The summed E-state index contributed by atoms with van der Waals surface area (Å²) in [4.78, 5) is 16.1. The van der Waals surface area contributed by atoms with Crippen molar-refractivity contribution in [1.29, 1.82) is 0 Å². The first-order valence-corrected chi connectivity index (χ1v) is 12.2. The molecule has 1 saturated carbocycles. The summed E-state index contributed by atoms with van der Waals surface area (Å²) in [6, 6.07) is 19.6. The number of ether oxygens (including phenoxy) is 1. The van der Waals surface area contributed by atoms with Gasteiger partial charge in [-0.25, -0.2) is 0 Å². The van der Waals surface area contributed by atoms with E-state index < -0.39 is 0 Å². The predicted molar refractivity (Wildman–Crippen MR) is 142 cm³/mol. The first kappa shape index (κ1) is 27.0. The highest BCUT2D eigenvalue weighted by molar-refractivity contribution is 5.85. The zero-order valence-electron chi connectivity index (χ0n) is 19.7. The van der Waals surface area contributed by atoms with Gasteiger partial charge in [0.1, 0.15) is 0 Å². The number of piperidine rings is 1. The number of fused-ring (bicyclic) bond motifs is 1. The van der Waals surface area contributed by atoms with Crippen LogP contribution >= 0.6 is 24.8 Å². The fourth-order valence-electron chi connectivity index (χ4n) is 5.97. The summed E-state index contributed by atoms with van der Waals surface area (Å²) in [7, 11) is 0. The minimum atomic E-state index is -0.259. The quantitative estimate of drug-likeness (QED) is 0.636. The third-order valence-electron chi connectivity index (χ3n) is 7.90. The molecule has 2 heterocycles. The standard InChI is InChI=1S/C27H35N3O2.2ClH/c31-26(29-19-21-6-8-23(9-7-21)22-4-2-1-3-5-22)27-12-10-25(30-14-16-32-17-15-30)18-24(27)11-13-28-20-27;;/h1-9,24-25,28H,10-20H2,(H,29,31);2*1H/t24-,25+,27-;;/m1../s1. The van der Waals surface area contributed by atoms with Crippen LogP contribution in [0.1, 0.15) is 31.2 Å². The van der Waals surface area contributed by atoms with Crippen molar-refractivity contribution in [2.24, 2.45) is 11.3 Å². The molecule has 0 spiro atoms. The van der Waals surface area contributed by atoms with Crippen LogP contribution in [-0.4, -0.2) is 56.2 Å². The SMILES string of the molecule is Cl.Cl.O=C(NCc1ccc(-c2ccccc2)cc1)[C@@]12CC[C@H](N3CCOCC3)C[C@H]1CCNC2. The lowest BCUT2D eigenvalue weighted by atomic mass is 9.61. The van der Waals surface area contributed by atoms with Crippen LogP contribution in [0.3, 0.4) is 0 Å². The number of morpholine rings is 1. The molecule has 5 nitrogen and oxygen atoms in total. The molecule has 34 heavy (non-hydrogen) atoms. The van der Waals surface area contributed by atoms with Crippen molar-refractivity contribution in [2.45, 2.75) is 38.3 Å². The van der Waals surface area contributed by atoms with Crippen LogP contribution in [0.5, 0.6) is 0 Å². The molecule has 186 valence electrons. The maximum atomic E-state index is 13.5. The van der Waals surface area contributed by atoms with Crippen LogP contribution in [0.4, 0.5) is 0 Å². The molecule has 0 bridgehead atoms. The summed E-state index contributed by atoms with van der Waals surface area (Å²) < 4.78 is 5.55. The molecule has 2 saturated heterocycles. The zero-order chi connectivity index (χ0) is 21.8. The van der Waals surface area contributed by atoms with Crippen molar-refractivity contribution < 1.29 is 9.53 Å². The number of rotatable bonds is 5. The molecule has 3 fully saturated rings. The van der Waals surface area contributed by atoms with E-state index in [-0.39, 0.29) is 36.1 Å². The summed E-state index contributed by atoms with van der Waals surface area (Å²) in [6.07, 6.45) is 4.32. The molecule has 7 heteroatoms. The third-order valence-corrected chi connectivity index (χ3v) is 7.90. The molecule has 3 aliphatic rings. The number of carbonyl (C=O) groups is 1. The molecule has 3 atom stereocenters. The summed E-state index contributed by atoms with van der Waals surface area (Å²) in [6.45, 7) is 6.19. The number of halogens is 2. The fourth-order valence-corrected chi connectivity index (χ4v) is 5.97. The average Bonchev–Trinajstić information content (AvgIpc) is 2.88. The fraction of sp³-hybridized carbons (Fsp3) is 0.519. The molecule has 0 aromatic heterocycles. The lowest BCUT2D eigenvalue weighted by Gasteiger charge is -2.50. The highest BCUT2D eigenvalue weighted by Gasteiger charge is 2.50. The Morgan fingerprint density at radius 3 is 2.44 bits per heavy atom. The highest BCUT2D eigenvalue weighted by atomic mass is 35.5. The lowest BCUT2D eigenvalue weighted by Crippen LogP contribution is -2.60. The van der Waals surface area contributed by atoms with Crippen molar-refractivity contribution in [3.8, 4) is 11.1 Å². The summed E-state index contributed by atoms with van der Waals surface area (Å²) in [5.41, 5.74) is 3.31. The smallest absolute Gasteiger partial charge is 0.228 e. The second-order valence-electron chi connectivity index (χ2n) is 9.64. The molecule has 0 unspecified atom stereocenters. The Kier molecular flexibility index (Phi) is 9.81. The van der Waals surface area contributed by atoms with Crippen LogP contribution in [0, 0.1) is 11.3 Å².